The van der Waals surface area contributed by atoms with E-state index >= 15 is 0 Å². The molecule has 2 rings (SSSR count). The van der Waals surface area contributed by atoms with Crippen LogP contribution >= 0.6 is 0 Å². The molecule has 0 amide bonds. The summed E-state index contributed by atoms with van der Waals surface area (Å²) in [6.45, 7) is 3.53. The quantitative estimate of drug-likeness (QED) is 0.627. The van der Waals surface area contributed by atoms with Gasteiger partial charge in [0.1, 0.15) is 17.2 Å². The zero-order valence-electron chi connectivity index (χ0n) is 9.51. The van der Waals surface area contributed by atoms with Crippen molar-refractivity contribution in [2.75, 3.05) is 0 Å². The Bertz CT molecular complexity index is 469. The average molecular weight is 238 g/mol. The van der Waals surface area contributed by atoms with E-state index in [9.17, 15) is 20.1 Å². The number of phenols is 3. The lowest BCUT2D eigenvalue weighted by atomic mass is 10.0. The molecule has 0 heterocycles. The lowest BCUT2D eigenvalue weighted by molar-refractivity contribution is -0.139. The summed E-state index contributed by atoms with van der Waals surface area (Å²) >= 11 is 0. The number of aromatic hydroxyl groups is 3. The van der Waals surface area contributed by atoms with Gasteiger partial charge in [-0.3, -0.25) is 4.79 Å². The highest BCUT2D eigenvalue weighted by Crippen LogP contribution is 2.67. The predicted molar refractivity (Wildman–Crippen MR) is 59.1 cm³/mol. The molecule has 0 saturated heterocycles. The van der Waals surface area contributed by atoms with Crippen LogP contribution in [-0.2, 0) is 4.79 Å². The molecule has 1 saturated carbocycles. The maximum Gasteiger partial charge on any atom is 0.307 e. The second-order valence-corrected chi connectivity index (χ2v) is 5.01. The number of carbonyl (C=O) groups is 1. The number of carboxylic acid groups (broad SMARTS) is 1. The van der Waals surface area contributed by atoms with Crippen molar-refractivity contribution in [1.82, 2.24) is 0 Å². The number of benzene rings is 1. The van der Waals surface area contributed by atoms with Gasteiger partial charge in [-0.05, 0) is 5.41 Å². The molecule has 1 aliphatic rings. The molecule has 0 aromatic heterocycles. The van der Waals surface area contributed by atoms with Gasteiger partial charge in [0.15, 0.2) is 0 Å². The molecule has 92 valence electrons. The summed E-state index contributed by atoms with van der Waals surface area (Å²) in [6.07, 6.45) is 0. The van der Waals surface area contributed by atoms with Crippen LogP contribution < -0.4 is 0 Å². The number of hydrogen-bond acceptors (Lipinski definition) is 4. The average Bonchev–Trinajstić information content (AvgIpc) is 2.67. The van der Waals surface area contributed by atoms with E-state index in [4.69, 9.17) is 5.11 Å². The van der Waals surface area contributed by atoms with Crippen LogP contribution in [0.15, 0.2) is 12.1 Å². The van der Waals surface area contributed by atoms with E-state index in [2.05, 4.69) is 0 Å². The SMILES string of the molecule is CC1(C)[C@H](C(=O)O)[C@H]1c1c(O)cc(O)cc1O. The fraction of sp³-hybridized carbons (Fsp3) is 0.417. The normalized spacial score (nSPS) is 25.5. The van der Waals surface area contributed by atoms with Crippen molar-refractivity contribution in [1.29, 1.82) is 0 Å². The van der Waals surface area contributed by atoms with Gasteiger partial charge in [0.25, 0.3) is 0 Å². The van der Waals surface area contributed by atoms with Crippen molar-refractivity contribution in [3.05, 3.63) is 17.7 Å². The van der Waals surface area contributed by atoms with Gasteiger partial charge in [0.05, 0.1) is 5.92 Å². The van der Waals surface area contributed by atoms with Gasteiger partial charge in [0.2, 0.25) is 0 Å². The summed E-state index contributed by atoms with van der Waals surface area (Å²) < 4.78 is 0. The fourth-order valence-corrected chi connectivity index (χ4v) is 2.56. The van der Waals surface area contributed by atoms with Crippen molar-refractivity contribution < 1.29 is 25.2 Å². The molecule has 0 spiro atoms. The minimum Gasteiger partial charge on any atom is -0.508 e. The Morgan fingerprint density at radius 3 is 2.00 bits per heavy atom. The van der Waals surface area contributed by atoms with E-state index in [1.165, 1.54) is 0 Å². The van der Waals surface area contributed by atoms with Crippen molar-refractivity contribution >= 4 is 5.97 Å². The zero-order chi connectivity index (χ0) is 13.0. The van der Waals surface area contributed by atoms with E-state index in [1.54, 1.807) is 13.8 Å². The lowest BCUT2D eigenvalue weighted by Gasteiger charge is -2.08. The molecule has 5 nitrogen and oxygen atoms in total. The Balaban J connectivity index is 2.47. The summed E-state index contributed by atoms with van der Waals surface area (Å²) in [4.78, 5) is 11.0. The Kier molecular flexibility index (Phi) is 2.24. The second kappa shape index (κ2) is 3.29. The number of rotatable bonds is 2. The largest absolute Gasteiger partial charge is 0.508 e. The van der Waals surface area contributed by atoms with Crippen LogP contribution in [0.1, 0.15) is 25.3 Å². The number of hydrogen-bond donors (Lipinski definition) is 4. The van der Waals surface area contributed by atoms with E-state index in [-0.39, 0.29) is 22.8 Å². The van der Waals surface area contributed by atoms with E-state index in [0.29, 0.717) is 0 Å². The van der Waals surface area contributed by atoms with E-state index in [0.717, 1.165) is 12.1 Å². The molecule has 0 unspecified atom stereocenters. The molecule has 1 fully saturated rings. The number of aliphatic carboxylic acids is 1. The fourth-order valence-electron chi connectivity index (χ4n) is 2.56. The lowest BCUT2D eigenvalue weighted by Crippen LogP contribution is -2.03. The Morgan fingerprint density at radius 1 is 1.18 bits per heavy atom. The topological polar surface area (TPSA) is 98.0 Å². The summed E-state index contributed by atoms with van der Waals surface area (Å²) in [7, 11) is 0. The molecule has 0 bridgehead atoms. The van der Waals surface area contributed by atoms with Gasteiger partial charge < -0.3 is 20.4 Å². The first-order valence-corrected chi connectivity index (χ1v) is 5.24. The Hall–Kier alpha value is -1.91. The summed E-state index contributed by atoms with van der Waals surface area (Å²) in [5.41, 5.74) is -0.321. The van der Waals surface area contributed by atoms with Crippen LogP contribution in [0, 0.1) is 11.3 Å². The summed E-state index contributed by atoms with van der Waals surface area (Å²) in [5.74, 6) is -2.83. The van der Waals surface area contributed by atoms with Gasteiger partial charge in [-0.1, -0.05) is 13.8 Å². The highest BCUT2D eigenvalue weighted by atomic mass is 16.4. The second-order valence-electron chi connectivity index (χ2n) is 5.01. The van der Waals surface area contributed by atoms with Crippen LogP contribution in [0.25, 0.3) is 0 Å². The maximum absolute atomic E-state index is 11.0. The summed E-state index contributed by atoms with van der Waals surface area (Å²) in [5, 5.41) is 37.6. The Morgan fingerprint density at radius 2 is 1.65 bits per heavy atom. The highest BCUT2D eigenvalue weighted by molar-refractivity contribution is 5.78. The van der Waals surface area contributed by atoms with Crippen molar-refractivity contribution in [2.45, 2.75) is 19.8 Å². The van der Waals surface area contributed by atoms with Gasteiger partial charge in [0, 0.05) is 23.6 Å². The van der Waals surface area contributed by atoms with Gasteiger partial charge in [-0.15, -0.1) is 0 Å². The van der Waals surface area contributed by atoms with Crippen LogP contribution in [0.5, 0.6) is 17.2 Å². The standard InChI is InChI=1S/C12H14O5/c1-12(2)9(10(12)11(16)17)8-6(14)3-5(13)4-7(8)15/h3-4,9-10,13-15H,1-2H3,(H,16,17)/t9-,10+/m1/s1. The van der Waals surface area contributed by atoms with E-state index < -0.39 is 23.2 Å². The molecule has 0 aliphatic heterocycles. The minimum absolute atomic E-state index is 0.195. The molecule has 1 aromatic rings. The number of phenolic OH excluding ortho intramolecular Hbond substituents is 3. The molecule has 5 heteroatoms. The highest BCUT2D eigenvalue weighted by Gasteiger charge is 2.64. The monoisotopic (exact) mass is 238 g/mol. The third kappa shape index (κ3) is 1.58. The third-order valence-electron chi connectivity index (χ3n) is 3.53. The first-order chi connectivity index (χ1) is 7.76. The van der Waals surface area contributed by atoms with Crippen molar-refractivity contribution in [3.8, 4) is 17.2 Å². The zero-order valence-corrected chi connectivity index (χ0v) is 9.51. The first kappa shape index (κ1) is 11.6. The first-order valence-electron chi connectivity index (χ1n) is 5.24. The predicted octanol–water partition coefficient (Wildman–Crippen LogP) is 1.63. The minimum atomic E-state index is -0.952. The molecule has 17 heavy (non-hydrogen) atoms. The molecule has 1 aromatic carbocycles. The van der Waals surface area contributed by atoms with Crippen molar-refractivity contribution in [3.63, 3.8) is 0 Å². The third-order valence-corrected chi connectivity index (χ3v) is 3.53. The molecular weight excluding hydrogens is 224 g/mol. The van der Waals surface area contributed by atoms with E-state index in [1.807, 2.05) is 0 Å². The molecule has 4 N–H and O–H groups in total. The Labute approximate surface area is 98.0 Å². The number of carboxylic acids is 1. The maximum atomic E-state index is 11.0. The van der Waals surface area contributed by atoms with Gasteiger partial charge in [-0.25, -0.2) is 0 Å². The summed E-state index contributed by atoms with van der Waals surface area (Å²) in [6, 6.07) is 2.20. The van der Waals surface area contributed by atoms with Gasteiger partial charge in [-0.2, -0.15) is 0 Å². The molecule has 1 aliphatic carbocycles. The van der Waals surface area contributed by atoms with Crippen LogP contribution in [0.2, 0.25) is 0 Å². The van der Waals surface area contributed by atoms with Gasteiger partial charge >= 0.3 is 5.97 Å². The molecule has 0 radical (unpaired) electrons. The van der Waals surface area contributed by atoms with Crippen LogP contribution in [-0.4, -0.2) is 26.4 Å². The van der Waals surface area contributed by atoms with Crippen LogP contribution in [0.4, 0.5) is 0 Å². The van der Waals surface area contributed by atoms with Crippen LogP contribution in [0.3, 0.4) is 0 Å². The smallest absolute Gasteiger partial charge is 0.307 e. The molecule has 2 atom stereocenters. The molecular formula is C12H14O5. The van der Waals surface area contributed by atoms with Crippen molar-refractivity contribution in [2.24, 2.45) is 11.3 Å².